The van der Waals surface area contributed by atoms with E-state index in [9.17, 15) is 0 Å². The number of ether oxygens (including phenoxy) is 1. The summed E-state index contributed by atoms with van der Waals surface area (Å²) in [6, 6.07) is 7.31. The lowest BCUT2D eigenvalue weighted by Gasteiger charge is -2.26. The Morgan fingerprint density at radius 1 is 1.26 bits per heavy atom. The summed E-state index contributed by atoms with van der Waals surface area (Å²) in [5, 5.41) is 7.73. The summed E-state index contributed by atoms with van der Waals surface area (Å²) in [7, 11) is 0. The molecule has 1 aliphatic heterocycles. The van der Waals surface area contributed by atoms with Crippen LogP contribution in [-0.4, -0.2) is 66.9 Å². The number of morpholine rings is 1. The van der Waals surface area contributed by atoms with Crippen LogP contribution in [0.25, 0.3) is 11.4 Å². The van der Waals surface area contributed by atoms with Crippen molar-refractivity contribution in [2.24, 2.45) is 10.7 Å². The van der Waals surface area contributed by atoms with Crippen molar-refractivity contribution in [3.8, 4) is 11.4 Å². The lowest BCUT2D eigenvalue weighted by atomic mass is 10.2. The predicted molar refractivity (Wildman–Crippen MR) is 105 cm³/mol. The fraction of sp³-hybridized carbons (Fsp3) is 0.500. The average molecular weight is 393 g/mol. The Kier molecular flexibility index (Phi) is 7.44. The van der Waals surface area contributed by atoms with Gasteiger partial charge in [0.15, 0.2) is 5.96 Å². The summed E-state index contributed by atoms with van der Waals surface area (Å²) in [6.45, 7) is 5.96. The smallest absolute Gasteiger partial charge is 0.228 e. The van der Waals surface area contributed by atoms with Crippen LogP contribution in [0.5, 0.6) is 0 Å². The molecule has 9 heteroatoms. The third-order valence-electron chi connectivity index (χ3n) is 4.23. The van der Waals surface area contributed by atoms with Gasteiger partial charge in [-0.3, -0.25) is 9.89 Å². The van der Waals surface area contributed by atoms with Gasteiger partial charge in [-0.1, -0.05) is 16.8 Å². The van der Waals surface area contributed by atoms with Gasteiger partial charge in [0.05, 0.1) is 13.2 Å². The van der Waals surface area contributed by atoms with Crippen LogP contribution in [0.4, 0.5) is 0 Å². The molecule has 1 aromatic heterocycles. The maximum atomic E-state index is 5.89. The second-order valence-electron chi connectivity index (χ2n) is 6.27. The first kappa shape index (κ1) is 19.6. The highest BCUT2D eigenvalue weighted by atomic mass is 35.5. The first-order valence-electron chi connectivity index (χ1n) is 9.13. The molecule has 0 atom stereocenters. The molecule has 3 N–H and O–H groups in total. The number of rotatable bonds is 8. The Morgan fingerprint density at radius 2 is 2.04 bits per heavy atom. The molecule has 8 nitrogen and oxygen atoms in total. The van der Waals surface area contributed by atoms with Crippen molar-refractivity contribution in [2.75, 3.05) is 45.9 Å². The van der Waals surface area contributed by atoms with Gasteiger partial charge < -0.3 is 20.3 Å². The zero-order valence-electron chi connectivity index (χ0n) is 15.2. The molecule has 146 valence electrons. The van der Waals surface area contributed by atoms with Crippen LogP contribution in [0.3, 0.4) is 0 Å². The monoisotopic (exact) mass is 392 g/mol. The molecule has 0 radical (unpaired) electrons. The summed E-state index contributed by atoms with van der Waals surface area (Å²) >= 11 is 5.88. The maximum Gasteiger partial charge on any atom is 0.228 e. The molecule has 0 bridgehead atoms. The molecular weight excluding hydrogens is 368 g/mol. The van der Waals surface area contributed by atoms with Crippen LogP contribution in [0.15, 0.2) is 33.8 Å². The molecule has 1 aromatic carbocycles. The van der Waals surface area contributed by atoms with Crippen molar-refractivity contribution in [1.82, 2.24) is 20.4 Å². The Bertz CT molecular complexity index is 728. The van der Waals surface area contributed by atoms with Crippen molar-refractivity contribution < 1.29 is 9.26 Å². The molecule has 0 spiro atoms. The second kappa shape index (κ2) is 10.2. The van der Waals surface area contributed by atoms with E-state index in [-0.39, 0.29) is 0 Å². The second-order valence-corrected chi connectivity index (χ2v) is 6.71. The van der Waals surface area contributed by atoms with Gasteiger partial charge in [0.2, 0.25) is 11.7 Å². The summed E-state index contributed by atoms with van der Waals surface area (Å²) in [6.07, 6.45) is 1.56. The topological polar surface area (TPSA) is 102 Å². The standard InChI is InChI=1S/C18H25ClN6O2/c19-15-4-2-14(3-5-15)17-23-16(27-24-17)6-8-22-18(20)21-7-1-9-25-10-12-26-13-11-25/h2-5H,1,6-13H2,(H3,20,21,22). The number of benzene rings is 1. The van der Waals surface area contributed by atoms with Crippen LogP contribution >= 0.6 is 11.6 Å². The summed E-state index contributed by atoms with van der Waals surface area (Å²) in [5.41, 5.74) is 6.76. The van der Waals surface area contributed by atoms with Crippen molar-refractivity contribution in [3.05, 3.63) is 35.2 Å². The largest absolute Gasteiger partial charge is 0.379 e. The lowest BCUT2D eigenvalue weighted by Crippen LogP contribution is -2.37. The van der Waals surface area contributed by atoms with E-state index >= 15 is 0 Å². The highest BCUT2D eigenvalue weighted by Crippen LogP contribution is 2.18. The van der Waals surface area contributed by atoms with Gasteiger partial charge in [0.25, 0.3) is 0 Å². The molecule has 1 aliphatic rings. The minimum atomic E-state index is 0.439. The highest BCUT2D eigenvalue weighted by molar-refractivity contribution is 6.30. The fourth-order valence-corrected chi connectivity index (χ4v) is 2.87. The van der Waals surface area contributed by atoms with E-state index < -0.39 is 0 Å². The number of hydrogen-bond acceptors (Lipinski definition) is 6. The summed E-state index contributed by atoms with van der Waals surface area (Å²) in [4.78, 5) is 11.1. The highest BCUT2D eigenvalue weighted by Gasteiger charge is 2.10. The van der Waals surface area contributed by atoms with Crippen molar-refractivity contribution in [1.29, 1.82) is 0 Å². The Morgan fingerprint density at radius 3 is 2.81 bits per heavy atom. The van der Waals surface area contributed by atoms with E-state index in [1.54, 1.807) is 12.1 Å². The Balaban J connectivity index is 1.34. The number of guanidine groups is 1. The van der Waals surface area contributed by atoms with Gasteiger partial charge >= 0.3 is 0 Å². The van der Waals surface area contributed by atoms with Crippen LogP contribution in [-0.2, 0) is 11.2 Å². The van der Waals surface area contributed by atoms with Crippen LogP contribution in [0.1, 0.15) is 12.3 Å². The number of nitrogens with two attached hydrogens (primary N) is 1. The molecular formula is C18H25ClN6O2. The van der Waals surface area contributed by atoms with Crippen molar-refractivity contribution in [3.63, 3.8) is 0 Å². The maximum absolute atomic E-state index is 5.89. The van der Waals surface area contributed by atoms with Crippen molar-refractivity contribution >= 4 is 17.6 Å². The molecule has 2 aromatic rings. The van der Waals surface area contributed by atoms with Gasteiger partial charge in [-0.05, 0) is 30.7 Å². The molecule has 1 fully saturated rings. The molecule has 0 aliphatic carbocycles. The van der Waals surface area contributed by atoms with Crippen LogP contribution in [0, 0.1) is 0 Å². The van der Waals surface area contributed by atoms with Gasteiger partial charge in [0, 0.05) is 49.7 Å². The first-order valence-corrected chi connectivity index (χ1v) is 9.51. The first-order chi connectivity index (χ1) is 13.2. The number of aliphatic imine (C=N–C) groups is 1. The SMILES string of the molecule is NC(=NCCCN1CCOCC1)NCCc1nc(-c2ccc(Cl)cc2)no1. The van der Waals surface area contributed by atoms with Crippen LogP contribution < -0.4 is 11.1 Å². The molecule has 0 amide bonds. The van der Waals surface area contributed by atoms with Gasteiger partial charge in [0.1, 0.15) is 0 Å². The van der Waals surface area contributed by atoms with Crippen LogP contribution in [0.2, 0.25) is 5.02 Å². The van der Waals surface area contributed by atoms with E-state index in [1.165, 1.54) is 0 Å². The lowest BCUT2D eigenvalue weighted by molar-refractivity contribution is 0.0377. The average Bonchev–Trinajstić information content (AvgIpc) is 3.15. The van der Waals surface area contributed by atoms with Gasteiger partial charge in [-0.25, -0.2) is 0 Å². The van der Waals surface area contributed by atoms with E-state index in [1.807, 2.05) is 12.1 Å². The van der Waals surface area contributed by atoms with Gasteiger partial charge in [-0.15, -0.1) is 0 Å². The third-order valence-corrected chi connectivity index (χ3v) is 4.49. The normalized spacial score (nSPS) is 15.8. The third kappa shape index (κ3) is 6.50. The number of halogens is 1. The van der Waals surface area contributed by atoms with Gasteiger partial charge in [-0.2, -0.15) is 4.98 Å². The molecule has 1 saturated heterocycles. The van der Waals surface area contributed by atoms with E-state index in [2.05, 4.69) is 25.3 Å². The van der Waals surface area contributed by atoms with E-state index in [0.29, 0.717) is 42.2 Å². The number of nitrogens with zero attached hydrogens (tertiary/aromatic N) is 4. The quantitative estimate of drug-likeness (QED) is 0.399. The zero-order chi connectivity index (χ0) is 18.9. The predicted octanol–water partition coefficient (Wildman–Crippen LogP) is 1.56. The number of aromatic nitrogens is 2. The summed E-state index contributed by atoms with van der Waals surface area (Å²) < 4.78 is 10.6. The zero-order valence-corrected chi connectivity index (χ0v) is 16.0. The number of nitrogens with one attached hydrogen (secondary N) is 1. The molecule has 3 rings (SSSR count). The minimum absolute atomic E-state index is 0.439. The summed E-state index contributed by atoms with van der Waals surface area (Å²) in [5.74, 6) is 1.54. The minimum Gasteiger partial charge on any atom is -0.379 e. The van der Waals surface area contributed by atoms with E-state index in [0.717, 1.165) is 44.8 Å². The Labute approximate surface area is 163 Å². The molecule has 0 unspecified atom stereocenters. The fourth-order valence-electron chi connectivity index (χ4n) is 2.74. The Hall–Kier alpha value is -2.16. The molecule has 27 heavy (non-hydrogen) atoms. The molecule has 0 saturated carbocycles. The number of hydrogen-bond donors (Lipinski definition) is 2. The van der Waals surface area contributed by atoms with E-state index in [4.69, 9.17) is 26.6 Å². The molecule has 2 heterocycles. The van der Waals surface area contributed by atoms with Crippen molar-refractivity contribution in [2.45, 2.75) is 12.8 Å².